The van der Waals surface area contributed by atoms with Gasteiger partial charge in [-0.1, -0.05) is 27.2 Å². The number of nitrogens with one attached hydrogen (secondary N) is 1. The van der Waals surface area contributed by atoms with Crippen molar-refractivity contribution >= 4 is 0 Å². The van der Waals surface area contributed by atoms with Gasteiger partial charge in [0.05, 0.1) is 0 Å². The van der Waals surface area contributed by atoms with Crippen LogP contribution in [0.2, 0.25) is 0 Å². The number of hydrogen-bond acceptors (Lipinski definition) is 1. The zero-order valence-electron chi connectivity index (χ0n) is 8.22. The maximum atomic E-state index is 3.43. The molecule has 1 aliphatic rings. The molecular weight excluding hydrogens is 134 g/mol. The topological polar surface area (TPSA) is 12.0 Å². The van der Waals surface area contributed by atoms with Crippen molar-refractivity contribution < 1.29 is 0 Å². The number of hydrogen-bond donors (Lipinski definition) is 1. The first-order valence-corrected chi connectivity index (χ1v) is 4.84. The summed E-state index contributed by atoms with van der Waals surface area (Å²) < 4.78 is 0. The van der Waals surface area contributed by atoms with Gasteiger partial charge in [-0.3, -0.25) is 0 Å². The minimum Gasteiger partial charge on any atom is -0.316 e. The van der Waals surface area contributed by atoms with E-state index in [1.807, 2.05) is 0 Å². The van der Waals surface area contributed by atoms with Crippen molar-refractivity contribution in [3.8, 4) is 0 Å². The Morgan fingerprint density at radius 2 is 1.55 bits per heavy atom. The molecule has 11 heavy (non-hydrogen) atoms. The first-order chi connectivity index (χ1) is 5.16. The molecule has 0 aliphatic heterocycles. The van der Waals surface area contributed by atoms with Gasteiger partial charge in [0, 0.05) is 6.04 Å². The van der Waals surface area contributed by atoms with Crippen molar-refractivity contribution in [2.24, 2.45) is 17.8 Å². The third-order valence-corrected chi connectivity index (χ3v) is 3.49. The molecule has 0 amide bonds. The molecule has 1 aliphatic carbocycles. The van der Waals surface area contributed by atoms with E-state index in [1.165, 1.54) is 12.8 Å². The van der Waals surface area contributed by atoms with Gasteiger partial charge < -0.3 is 5.32 Å². The van der Waals surface area contributed by atoms with Crippen molar-refractivity contribution in [2.75, 3.05) is 7.05 Å². The van der Waals surface area contributed by atoms with Crippen molar-refractivity contribution in [1.82, 2.24) is 5.32 Å². The molecule has 0 radical (unpaired) electrons. The molecule has 4 unspecified atom stereocenters. The van der Waals surface area contributed by atoms with Crippen LogP contribution in [0.4, 0.5) is 0 Å². The molecule has 0 aromatic rings. The summed E-state index contributed by atoms with van der Waals surface area (Å²) in [7, 11) is 2.09. The molecule has 1 saturated carbocycles. The van der Waals surface area contributed by atoms with E-state index < -0.39 is 0 Å². The fraction of sp³-hybridized carbons (Fsp3) is 1.00. The molecule has 4 atom stereocenters. The summed E-state index contributed by atoms with van der Waals surface area (Å²) in [5.74, 6) is 2.62. The zero-order valence-corrected chi connectivity index (χ0v) is 8.22. The average Bonchev–Trinajstić information content (AvgIpc) is 1.99. The van der Waals surface area contributed by atoms with Crippen LogP contribution in [0.25, 0.3) is 0 Å². The van der Waals surface area contributed by atoms with E-state index in [-0.39, 0.29) is 0 Å². The Kier molecular flexibility index (Phi) is 2.94. The molecule has 1 rings (SSSR count). The van der Waals surface area contributed by atoms with Crippen LogP contribution in [0.3, 0.4) is 0 Å². The van der Waals surface area contributed by atoms with E-state index in [0.717, 1.165) is 23.8 Å². The van der Waals surface area contributed by atoms with Crippen molar-refractivity contribution in [3.63, 3.8) is 0 Å². The van der Waals surface area contributed by atoms with Gasteiger partial charge in [-0.25, -0.2) is 0 Å². The monoisotopic (exact) mass is 155 g/mol. The fourth-order valence-corrected chi connectivity index (χ4v) is 2.39. The van der Waals surface area contributed by atoms with Gasteiger partial charge in [0.15, 0.2) is 0 Å². The van der Waals surface area contributed by atoms with Crippen LogP contribution < -0.4 is 5.32 Å². The summed E-state index contributed by atoms with van der Waals surface area (Å²) in [6.45, 7) is 7.12. The Morgan fingerprint density at radius 1 is 1.00 bits per heavy atom. The molecular formula is C10H21N. The zero-order chi connectivity index (χ0) is 8.43. The SMILES string of the molecule is CNC1C(C)CCC(C)C1C. The van der Waals surface area contributed by atoms with E-state index in [1.54, 1.807) is 0 Å². The van der Waals surface area contributed by atoms with Crippen LogP contribution in [0.1, 0.15) is 33.6 Å². The van der Waals surface area contributed by atoms with Gasteiger partial charge in [0.1, 0.15) is 0 Å². The maximum absolute atomic E-state index is 3.43. The van der Waals surface area contributed by atoms with E-state index in [2.05, 4.69) is 33.1 Å². The highest BCUT2D eigenvalue weighted by Crippen LogP contribution is 2.32. The van der Waals surface area contributed by atoms with Crippen LogP contribution in [0.15, 0.2) is 0 Å². The Balaban J connectivity index is 2.55. The fourth-order valence-electron chi connectivity index (χ4n) is 2.39. The lowest BCUT2D eigenvalue weighted by atomic mass is 9.73. The lowest BCUT2D eigenvalue weighted by Gasteiger charge is -2.38. The smallest absolute Gasteiger partial charge is 0.0118 e. The Hall–Kier alpha value is -0.0400. The quantitative estimate of drug-likeness (QED) is 0.612. The summed E-state index contributed by atoms with van der Waals surface area (Å²) in [6, 6.07) is 0.749. The highest BCUT2D eigenvalue weighted by molar-refractivity contribution is 4.85. The third-order valence-electron chi connectivity index (χ3n) is 3.49. The summed E-state index contributed by atoms with van der Waals surface area (Å²) >= 11 is 0. The summed E-state index contributed by atoms with van der Waals surface area (Å²) in [5.41, 5.74) is 0. The predicted octanol–water partition coefficient (Wildman–Crippen LogP) is 2.28. The van der Waals surface area contributed by atoms with Gasteiger partial charge in [-0.15, -0.1) is 0 Å². The van der Waals surface area contributed by atoms with E-state index in [9.17, 15) is 0 Å². The van der Waals surface area contributed by atoms with Gasteiger partial charge in [-0.05, 0) is 31.2 Å². The molecule has 0 saturated heterocycles. The highest BCUT2D eigenvalue weighted by Gasteiger charge is 2.30. The first kappa shape index (κ1) is 9.05. The normalized spacial score (nSPS) is 45.8. The maximum Gasteiger partial charge on any atom is 0.0118 e. The third kappa shape index (κ3) is 1.76. The van der Waals surface area contributed by atoms with Gasteiger partial charge in [-0.2, -0.15) is 0 Å². The van der Waals surface area contributed by atoms with Crippen molar-refractivity contribution in [1.29, 1.82) is 0 Å². The van der Waals surface area contributed by atoms with Crippen molar-refractivity contribution in [3.05, 3.63) is 0 Å². The molecule has 0 spiro atoms. The second-order valence-electron chi connectivity index (χ2n) is 4.21. The lowest BCUT2D eigenvalue weighted by Crippen LogP contribution is -2.43. The van der Waals surface area contributed by atoms with Gasteiger partial charge in [0.25, 0.3) is 0 Å². The Morgan fingerprint density at radius 3 is 2.00 bits per heavy atom. The summed E-state index contributed by atoms with van der Waals surface area (Å²) in [4.78, 5) is 0. The molecule has 1 heteroatoms. The lowest BCUT2D eigenvalue weighted by molar-refractivity contribution is 0.158. The average molecular weight is 155 g/mol. The molecule has 0 aromatic carbocycles. The van der Waals surface area contributed by atoms with Gasteiger partial charge >= 0.3 is 0 Å². The second kappa shape index (κ2) is 3.57. The Bertz CT molecular complexity index is 122. The molecule has 1 fully saturated rings. The minimum absolute atomic E-state index is 0.749. The standard InChI is InChI=1S/C10H21N/c1-7-5-6-8(2)10(11-4)9(7)3/h7-11H,5-6H2,1-4H3. The Labute approximate surface area is 70.6 Å². The van der Waals surface area contributed by atoms with E-state index in [4.69, 9.17) is 0 Å². The number of rotatable bonds is 1. The second-order valence-corrected chi connectivity index (χ2v) is 4.21. The van der Waals surface area contributed by atoms with Crippen LogP contribution in [0, 0.1) is 17.8 Å². The highest BCUT2D eigenvalue weighted by atomic mass is 14.9. The molecule has 66 valence electrons. The van der Waals surface area contributed by atoms with Crippen LogP contribution in [-0.4, -0.2) is 13.1 Å². The molecule has 0 aromatic heterocycles. The molecule has 1 N–H and O–H groups in total. The van der Waals surface area contributed by atoms with Crippen LogP contribution >= 0.6 is 0 Å². The summed E-state index contributed by atoms with van der Waals surface area (Å²) in [6.07, 6.45) is 2.82. The van der Waals surface area contributed by atoms with Crippen LogP contribution in [0.5, 0.6) is 0 Å². The predicted molar refractivity (Wildman–Crippen MR) is 49.6 cm³/mol. The summed E-state index contributed by atoms with van der Waals surface area (Å²) in [5, 5.41) is 3.43. The van der Waals surface area contributed by atoms with E-state index in [0.29, 0.717) is 0 Å². The van der Waals surface area contributed by atoms with Crippen LogP contribution in [-0.2, 0) is 0 Å². The first-order valence-electron chi connectivity index (χ1n) is 4.84. The largest absolute Gasteiger partial charge is 0.316 e. The molecule has 1 nitrogen and oxygen atoms in total. The molecule has 0 bridgehead atoms. The van der Waals surface area contributed by atoms with Crippen molar-refractivity contribution in [2.45, 2.75) is 39.7 Å². The minimum atomic E-state index is 0.749. The van der Waals surface area contributed by atoms with Gasteiger partial charge in [0.2, 0.25) is 0 Å². The molecule has 0 heterocycles. The van der Waals surface area contributed by atoms with E-state index >= 15 is 0 Å².